The van der Waals surface area contributed by atoms with Crippen molar-refractivity contribution in [2.75, 3.05) is 13.7 Å². The SMILES string of the molecule is COc1ccc(CO[C@H]2[C@H]([C@H](OC(C)=O)[C@H]3OC(OC(C)=O)C=CC3=O)O[C@H](CC(COC(C)=O)OC(C)=O)[C@@H]2OCc2ccccc2)cc1. The fraction of sp³-hybridized carbons (Fsp3) is 0.472. The highest BCUT2D eigenvalue weighted by molar-refractivity contribution is 5.95. The molecule has 14 nitrogen and oxygen atoms in total. The van der Waals surface area contributed by atoms with Crippen molar-refractivity contribution < 1.29 is 66.6 Å². The largest absolute Gasteiger partial charge is 0.497 e. The molecule has 0 bridgehead atoms. The summed E-state index contributed by atoms with van der Waals surface area (Å²) in [6, 6.07) is 16.5. The number of esters is 4. The van der Waals surface area contributed by atoms with Crippen LogP contribution in [-0.4, -0.2) is 92.4 Å². The lowest BCUT2D eigenvalue weighted by atomic mass is 9.95. The Kier molecular flexibility index (Phi) is 14.0. The molecule has 0 N–H and O–H groups in total. The summed E-state index contributed by atoms with van der Waals surface area (Å²) in [6.07, 6.45) is -6.72. The molecule has 1 fully saturated rings. The van der Waals surface area contributed by atoms with E-state index >= 15 is 0 Å². The van der Waals surface area contributed by atoms with Gasteiger partial charge in [0.05, 0.1) is 26.4 Å². The zero-order chi connectivity index (χ0) is 36.2. The molecule has 270 valence electrons. The summed E-state index contributed by atoms with van der Waals surface area (Å²) >= 11 is 0. The van der Waals surface area contributed by atoms with Gasteiger partial charge in [-0.1, -0.05) is 42.5 Å². The van der Waals surface area contributed by atoms with Gasteiger partial charge in [0.25, 0.3) is 0 Å². The first kappa shape index (κ1) is 38.2. The van der Waals surface area contributed by atoms with Crippen LogP contribution in [0.5, 0.6) is 5.75 Å². The third-order valence-corrected chi connectivity index (χ3v) is 7.72. The van der Waals surface area contributed by atoms with E-state index in [1.54, 1.807) is 19.2 Å². The van der Waals surface area contributed by atoms with Crippen LogP contribution < -0.4 is 4.74 Å². The van der Waals surface area contributed by atoms with E-state index in [1.807, 2.05) is 42.5 Å². The molecule has 2 unspecified atom stereocenters. The second kappa shape index (κ2) is 18.4. The van der Waals surface area contributed by atoms with E-state index in [2.05, 4.69) is 0 Å². The average Bonchev–Trinajstić information content (AvgIpc) is 3.41. The van der Waals surface area contributed by atoms with Gasteiger partial charge in [0.15, 0.2) is 18.0 Å². The van der Waals surface area contributed by atoms with E-state index in [4.69, 9.17) is 42.6 Å². The second-order valence-electron chi connectivity index (χ2n) is 11.7. The Hall–Kier alpha value is -4.63. The number of hydrogen-bond donors (Lipinski definition) is 0. The van der Waals surface area contributed by atoms with Crippen molar-refractivity contribution in [2.24, 2.45) is 0 Å². The first-order valence-corrected chi connectivity index (χ1v) is 16.0. The first-order valence-electron chi connectivity index (χ1n) is 16.0. The van der Waals surface area contributed by atoms with Crippen molar-refractivity contribution >= 4 is 29.7 Å². The molecule has 2 aromatic carbocycles. The molecule has 14 heteroatoms. The van der Waals surface area contributed by atoms with Gasteiger partial charge in [-0.2, -0.15) is 0 Å². The predicted octanol–water partition coefficient (Wildman–Crippen LogP) is 3.16. The van der Waals surface area contributed by atoms with Crippen molar-refractivity contribution in [1.29, 1.82) is 0 Å². The highest BCUT2D eigenvalue weighted by atomic mass is 16.7. The summed E-state index contributed by atoms with van der Waals surface area (Å²) in [7, 11) is 1.55. The Morgan fingerprint density at radius 3 is 2.00 bits per heavy atom. The van der Waals surface area contributed by atoms with Crippen LogP contribution in [0.4, 0.5) is 0 Å². The van der Waals surface area contributed by atoms with Crippen molar-refractivity contribution in [1.82, 2.24) is 0 Å². The Labute approximate surface area is 289 Å². The lowest BCUT2D eigenvalue weighted by molar-refractivity contribution is -0.211. The molecule has 0 radical (unpaired) electrons. The minimum absolute atomic E-state index is 0.0343. The number of carbonyl (C=O) groups is 5. The molecule has 0 aromatic heterocycles. The number of methoxy groups -OCH3 is 1. The van der Waals surface area contributed by atoms with Crippen LogP contribution in [0.3, 0.4) is 0 Å². The quantitative estimate of drug-likeness (QED) is 0.185. The van der Waals surface area contributed by atoms with Crippen LogP contribution >= 0.6 is 0 Å². The summed E-state index contributed by atoms with van der Waals surface area (Å²) in [5.41, 5.74) is 1.59. The van der Waals surface area contributed by atoms with E-state index in [9.17, 15) is 24.0 Å². The fourth-order valence-corrected chi connectivity index (χ4v) is 5.62. The van der Waals surface area contributed by atoms with E-state index in [0.29, 0.717) is 5.75 Å². The molecule has 0 aliphatic carbocycles. The zero-order valence-corrected chi connectivity index (χ0v) is 28.5. The molecule has 50 heavy (non-hydrogen) atoms. The minimum Gasteiger partial charge on any atom is -0.497 e. The van der Waals surface area contributed by atoms with E-state index in [-0.39, 0.29) is 26.2 Å². The predicted molar refractivity (Wildman–Crippen MR) is 172 cm³/mol. The highest BCUT2D eigenvalue weighted by Crippen LogP contribution is 2.36. The number of rotatable bonds is 16. The minimum atomic E-state index is -1.47. The van der Waals surface area contributed by atoms with Gasteiger partial charge < -0.3 is 42.6 Å². The lowest BCUT2D eigenvalue weighted by Crippen LogP contribution is -2.53. The summed E-state index contributed by atoms with van der Waals surface area (Å²) in [6.45, 7) is 4.67. The molecular formula is C36H42O14. The van der Waals surface area contributed by atoms with Crippen molar-refractivity contribution in [3.63, 3.8) is 0 Å². The van der Waals surface area contributed by atoms with Gasteiger partial charge in [-0.05, 0) is 35.4 Å². The standard InChI is InChI=1S/C36H42O14/c1-21(37)43-20-28(46-22(2)38)17-30-33(44-18-25-9-7-6-8-10-25)34(45-19-26-11-13-27(42-5)14-12-26)36(49-30)35(48-24(4)40)32-29(41)15-16-31(50-32)47-23(3)39/h6-16,28,30-36H,17-20H2,1-5H3/t28?,30-,31?,32+,33+,34-,35-,36-/m1/s1. The van der Waals surface area contributed by atoms with Crippen molar-refractivity contribution in [3.05, 3.63) is 77.9 Å². The van der Waals surface area contributed by atoms with Crippen LogP contribution in [0.2, 0.25) is 0 Å². The van der Waals surface area contributed by atoms with E-state index in [0.717, 1.165) is 11.1 Å². The molecule has 4 rings (SSSR count). The van der Waals surface area contributed by atoms with Gasteiger partial charge in [-0.15, -0.1) is 0 Å². The number of hydrogen-bond acceptors (Lipinski definition) is 14. The first-order chi connectivity index (χ1) is 23.9. The van der Waals surface area contributed by atoms with Crippen LogP contribution in [0, 0.1) is 0 Å². The topological polar surface area (TPSA) is 168 Å². The van der Waals surface area contributed by atoms with Crippen molar-refractivity contribution in [3.8, 4) is 5.75 Å². The molecule has 2 aromatic rings. The molecule has 2 aliphatic rings. The third kappa shape index (κ3) is 11.2. The Bertz CT molecular complexity index is 1490. The maximum absolute atomic E-state index is 13.3. The molecule has 0 saturated carbocycles. The molecule has 0 amide bonds. The van der Waals surface area contributed by atoms with Gasteiger partial charge in [0.1, 0.15) is 36.8 Å². The van der Waals surface area contributed by atoms with Crippen LogP contribution in [0.1, 0.15) is 45.2 Å². The zero-order valence-electron chi connectivity index (χ0n) is 28.5. The van der Waals surface area contributed by atoms with Gasteiger partial charge in [0.2, 0.25) is 6.29 Å². The number of ketones is 1. The second-order valence-corrected chi connectivity index (χ2v) is 11.7. The average molecular weight is 699 g/mol. The van der Waals surface area contributed by atoms with Gasteiger partial charge in [-0.25, -0.2) is 0 Å². The van der Waals surface area contributed by atoms with Crippen LogP contribution in [-0.2, 0) is 75.1 Å². The monoisotopic (exact) mass is 698 g/mol. The number of benzene rings is 2. The number of ether oxygens (including phenoxy) is 9. The van der Waals surface area contributed by atoms with Crippen LogP contribution in [0.25, 0.3) is 0 Å². The van der Waals surface area contributed by atoms with E-state index in [1.165, 1.54) is 39.8 Å². The fourth-order valence-electron chi connectivity index (χ4n) is 5.62. The number of carbonyl (C=O) groups excluding carboxylic acids is 5. The summed E-state index contributed by atoms with van der Waals surface area (Å²) in [5, 5.41) is 0. The van der Waals surface area contributed by atoms with Crippen LogP contribution in [0.15, 0.2) is 66.7 Å². The summed E-state index contributed by atoms with van der Waals surface area (Å²) in [4.78, 5) is 61.3. The van der Waals surface area contributed by atoms with Gasteiger partial charge in [0, 0.05) is 34.1 Å². The maximum atomic E-state index is 13.3. The molecule has 2 aliphatic heterocycles. The highest BCUT2D eigenvalue weighted by Gasteiger charge is 2.55. The molecule has 0 spiro atoms. The van der Waals surface area contributed by atoms with Gasteiger partial charge in [-0.3, -0.25) is 24.0 Å². The molecule has 1 saturated heterocycles. The normalized spacial score (nSPS) is 24.1. The Morgan fingerprint density at radius 2 is 1.40 bits per heavy atom. The maximum Gasteiger partial charge on any atom is 0.305 e. The molecule has 8 atom stereocenters. The smallest absolute Gasteiger partial charge is 0.305 e. The Balaban J connectivity index is 1.74. The Morgan fingerprint density at radius 1 is 0.760 bits per heavy atom. The van der Waals surface area contributed by atoms with E-state index < -0.39 is 78.7 Å². The molecule has 2 heterocycles. The summed E-state index contributed by atoms with van der Waals surface area (Å²) in [5.74, 6) is -2.54. The van der Waals surface area contributed by atoms with Gasteiger partial charge >= 0.3 is 23.9 Å². The van der Waals surface area contributed by atoms with Crippen molar-refractivity contribution in [2.45, 2.75) is 96.3 Å². The third-order valence-electron chi connectivity index (χ3n) is 7.72. The lowest BCUT2D eigenvalue weighted by Gasteiger charge is -2.35. The summed E-state index contributed by atoms with van der Waals surface area (Å²) < 4.78 is 52.2. The molecular weight excluding hydrogens is 656 g/mol.